The van der Waals surface area contributed by atoms with Crippen LogP contribution in [0.3, 0.4) is 0 Å². The molecule has 0 aromatic heterocycles. The number of nitro groups is 1. The number of para-hydroxylation sites is 1. The molecule has 0 bridgehead atoms. The van der Waals surface area contributed by atoms with Gasteiger partial charge in [-0.2, -0.15) is 0 Å². The molecule has 0 amide bonds. The van der Waals surface area contributed by atoms with E-state index < -0.39 is 4.92 Å². The van der Waals surface area contributed by atoms with Gasteiger partial charge in [0.2, 0.25) is 0 Å². The molecule has 0 aliphatic heterocycles. The molecule has 1 aromatic rings. The minimum absolute atomic E-state index is 0.0177. The highest BCUT2D eigenvalue weighted by Crippen LogP contribution is 2.33. The van der Waals surface area contributed by atoms with Crippen LogP contribution in [0, 0.1) is 17.0 Å². The monoisotopic (exact) mass is 236 g/mol. The highest BCUT2D eigenvalue weighted by Gasteiger charge is 2.28. The van der Waals surface area contributed by atoms with Crippen LogP contribution in [-0.2, 0) is 0 Å². The lowest BCUT2D eigenvalue weighted by Crippen LogP contribution is -2.33. The topological polar surface area (TPSA) is 78.4 Å². The summed E-state index contributed by atoms with van der Waals surface area (Å²) in [7, 11) is 0. The SMILES string of the molecule is Cc1cccc([N+](=O)[O-])c1OC1CCCC1N. The lowest BCUT2D eigenvalue weighted by atomic mass is 10.2. The van der Waals surface area contributed by atoms with E-state index in [4.69, 9.17) is 10.5 Å². The summed E-state index contributed by atoms with van der Waals surface area (Å²) < 4.78 is 5.74. The molecule has 1 aromatic carbocycles. The number of nitrogens with zero attached hydrogens (tertiary/aromatic N) is 1. The number of nitro benzene ring substituents is 1. The molecule has 0 radical (unpaired) electrons. The molecule has 2 rings (SSSR count). The van der Waals surface area contributed by atoms with Crippen molar-refractivity contribution in [1.82, 2.24) is 0 Å². The van der Waals surface area contributed by atoms with Crippen molar-refractivity contribution in [2.24, 2.45) is 5.73 Å². The fraction of sp³-hybridized carbons (Fsp3) is 0.500. The van der Waals surface area contributed by atoms with E-state index in [0.717, 1.165) is 24.8 Å². The Morgan fingerprint density at radius 3 is 2.82 bits per heavy atom. The Morgan fingerprint density at radius 2 is 2.24 bits per heavy atom. The maximum absolute atomic E-state index is 10.9. The molecule has 1 saturated carbocycles. The van der Waals surface area contributed by atoms with Crippen molar-refractivity contribution in [2.45, 2.75) is 38.3 Å². The van der Waals surface area contributed by atoms with Gasteiger partial charge in [-0.3, -0.25) is 10.1 Å². The van der Waals surface area contributed by atoms with Crippen molar-refractivity contribution in [2.75, 3.05) is 0 Å². The molecular formula is C12H16N2O3. The van der Waals surface area contributed by atoms with Gasteiger partial charge in [-0.05, 0) is 31.7 Å². The number of hydrogen-bond acceptors (Lipinski definition) is 4. The third-order valence-corrected chi connectivity index (χ3v) is 3.16. The van der Waals surface area contributed by atoms with Gasteiger partial charge >= 0.3 is 5.69 Å². The lowest BCUT2D eigenvalue weighted by Gasteiger charge is -2.18. The van der Waals surface area contributed by atoms with Gasteiger partial charge < -0.3 is 10.5 Å². The largest absolute Gasteiger partial charge is 0.482 e. The first-order valence-electron chi connectivity index (χ1n) is 5.76. The molecule has 5 heteroatoms. The zero-order valence-electron chi connectivity index (χ0n) is 9.76. The van der Waals surface area contributed by atoms with E-state index in [1.54, 1.807) is 6.07 Å². The Bertz CT molecular complexity index is 434. The zero-order chi connectivity index (χ0) is 12.4. The second-order valence-electron chi connectivity index (χ2n) is 4.43. The van der Waals surface area contributed by atoms with Crippen LogP contribution < -0.4 is 10.5 Å². The molecule has 5 nitrogen and oxygen atoms in total. The zero-order valence-corrected chi connectivity index (χ0v) is 9.76. The molecule has 0 heterocycles. The fourth-order valence-electron chi connectivity index (χ4n) is 2.19. The predicted octanol–water partition coefficient (Wildman–Crippen LogP) is 2.16. The normalized spacial score (nSPS) is 23.6. The summed E-state index contributed by atoms with van der Waals surface area (Å²) in [6.07, 6.45) is 2.71. The first-order valence-corrected chi connectivity index (χ1v) is 5.76. The molecule has 1 aliphatic carbocycles. The average Bonchev–Trinajstić information content (AvgIpc) is 2.67. The van der Waals surface area contributed by atoms with Crippen molar-refractivity contribution in [3.63, 3.8) is 0 Å². The molecule has 1 fully saturated rings. The van der Waals surface area contributed by atoms with Crippen LogP contribution in [-0.4, -0.2) is 17.1 Å². The van der Waals surface area contributed by atoms with E-state index in [1.165, 1.54) is 6.07 Å². The number of nitrogens with two attached hydrogens (primary N) is 1. The maximum atomic E-state index is 10.9. The van der Waals surface area contributed by atoms with E-state index in [0.29, 0.717) is 5.75 Å². The van der Waals surface area contributed by atoms with Gasteiger partial charge in [-0.25, -0.2) is 0 Å². The predicted molar refractivity (Wildman–Crippen MR) is 64.1 cm³/mol. The Morgan fingerprint density at radius 1 is 1.47 bits per heavy atom. The van der Waals surface area contributed by atoms with Crippen LogP contribution in [0.25, 0.3) is 0 Å². The van der Waals surface area contributed by atoms with Crippen molar-refractivity contribution in [1.29, 1.82) is 0 Å². The highest BCUT2D eigenvalue weighted by atomic mass is 16.6. The number of aryl methyl sites for hydroxylation is 1. The molecule has 0 spiro atoms. The molecule has 2 unspecified atom stereocenters. The second-order valence-corrected chi connectivity index (χ2v) is 4.43. The van der Waals surface area contributed by atoms with Crippen LogP contribution in [0.5, 0.6) is 5.75 Å². The van der Waals surface area contributed by atoms with E-state index in [-0.39, 0.29) is 17.8 Å². The van der Waals surface area contributed by atoms with Gasteiger partial charge in [-0.15, -0.1) is 0 Å². The average molecular weight is 236 g/mol. The van der Waals surface area contributed by atoms with Crippen molar-refractivity contribution < 1.29 is 9.66 Å². The second kappa shape index (κ2) is 4.71. The molecule has 1 aliphatic rings. The fourth-order valence-corrected chi connectivity index (χ4v) is 2.19. The summed E-state index contributed by atoms with van der Waals surface area (Å²) in [5.74, 6) is 0.361. The summed E-state index contributed by atoms with van der Waals surface area (Å²) in [4.78, 5) is 10.5. The first kappa shape index (κ1) is 11.9. The molecule has 17 heavy (non-hydrogen) atoms. The summed E-state index contributed by atoms with van der Waals surface area (Å²) in [5.41, 5.74) is 6.70. The van der Waals surface area contributed by atoms with Gasteiger partial charge in [0.15, 0.2) is 5.75 Å². The van der Waals surface area contributed by atoms with Crippen LogP contribution >= 0.6 is 0 Å². The third-order valence-electron chi connectivity index (χ3n) is 3.16. The van der Waals surface area contributed by atoms with Crippen LogP contribution in [0.1, 0.15) is 24.8 Å². The number of benzene rings is 1. The van der Waals surface area contributed by atoms with E-state index in [1.807, 2.05) is 13.0 Å². The Balaban J connectivity index is 2.27. The van der Waals surface area contributed by atoms with E-state index >= 15 is 0 Å². The highest BCUT2D eigenvalue weighted by molar-refractivity contribution is 5.51. The van der Waals surface area contributed by atoms with E-state index in [9.17, 15) is 10.1 Å². The number of ether oxygens (including phenoxy) is 1. The smallest absolute Gasteiger partial charge is 0.311 e. The Kier molecular flexibility index (Phi) is 3.28. The van der Waals surface area contributed by atoms with Gasteiger partial charge in [0.1, 0.15) is 6.10 Å². The molecule has 2 N–H and O–H groups in total. The standard InChI is InChI=1S/C12H16N2O3/c1-8-4-2-6-10(14(15)16)12(8)17-11-7-3-5-9(11)13/h2,4,6,9,11H,3,5,7,13H2,1H3. The van der Waals surface area contributed by atoms with Crippen LogP contribution in [0.2, 0.25) is 0 Å². The Labute approximate surface area is 99.7 Å². The molecule has 2 atom stereocenters. The van der Waals surface area contributed by atoms with E-state index in [2.05, 4.69) is 0 Å². The van der Waals surface area contributed by atoms with Crippen LogP contribution in [0.4, 0.5) is 5.69 Å². The maximum Gasteiger partial charge on any atom is 0.311 e. The summed E-state index contributed by atoms with van der Waals surface area (Å²) >= 11 is 0. The lowest BCUT2D eigenvalue weighted by molar-refractivity contribution is -0.386. The van der Waals surface area contributed by atoms with Crippen molar-refractivity contribution >= 4 is 5.69 Å². The van der Waals surface area contributed by atoms with Gasteiger partial charge in [0.25, 0.3) is 0 Å². The minimum atomic E-state index is -0.414. The quantitative estimate of drug-likeness (QED) is 0.644. The molecule has 92 valence electrons. The first-order chi connectivity index (χ1) is 8.09. The number of rotatable bonds is 3. The summed E-state index contributed by atoms with van der Waals surface area (Å²) in [5, 5.41) is 10.9. The van der Waals surface area contributed by atoms with Crippen LogP contribution in [0.15, 0.2) is 18.2 Å². The summed E-state index contributed by atoms with van der Waals surface area (Å²) in [6.45, 7) is 1.81. The molecule has 0 saturated heterocycles. The Hall–Kier alpha value is -1.62. The van der Waals surface area contributed by atoms with Gasteiger partial charge in [0.05, 0.1) is 4.92 Å². The number of hydrogen-bond donors (Lipinski definition) is 1. The minimum Gasteiger partial charge on any atom is -0.482 e. The molecular weight excluding hydrogens is 220 g/mol. The third kappa shape index (κ3) is 2.39. The van der Waals surface area contributed by atoms with Crippen molar-refractivity contribution in [3.05, 3.63) is 33.9 Å². The van der Waals surface area contributed by atoms with Crippen molar-refractivity contribution in [3.8, 4) is 5.75 Å². The van der Waals surface area contributed by atoms with Gasteiger partial charge in [-0.1, -0.05) is 12.1 Å². The van der Waals surface area contributed by atoms with Gasteiger partial charge in [0, 0.05) is 12.1 Å². The summed E-state index contributed by atoms with van der Waals surface area (Å²) in [6, 6.07) is 4.91.